The lowest BCUT2D eigenvalue weighted by Crippen LogP contribution is -2.19. The maximum Gasteiger partial charge on any atom is 0.255 e. The Hall–Kier alpha value is -3.02. The molecule has 0 unspecified atom stereocenters. The zero-order chi connectivity index (χ0) is 14.8. The van der Waals surface area contributed by atoms with E-state index < -0.39 is 5.91 Å². The van der Waals surface area contributed by atoms with E-state index in [0.29, 0.717) is 22.8 Å². The Kier molecular flexibility index (Phi) is 3.19. The highest BCUT2D eigenvalue weighted by atomic mass is 16.5. The van der Waals surface area contributed by atoms with Crippen molar-refractivity contribution in [2.24, 2.45) is 5.73 Å². The smallest absolute Gasteiger partial charge is 0.255 e. The molecule has 0 radical (unpaired) electrons. The van der Waals surface area contributed by atoms with Crippen LogP contribution in [-0.2, 0) is 4.79 Å². The molecule has 3 rings (SSSR count). The zero-order valence-corrected chi connectivity index (χ0v) is 10.9. The SMILES string of the molecule is NC(=O)COc1ccc2c(c1)OC(=Cc1ccco1)C2=O. The molecule has 1 amide bonds. The third kappa shape index (κ3) is 2.64. The Labute approximate surface area is 119 Å². The first-order valence-electron chi connectivity index (χ1n) is 6.16. The van der Waals surface area contributed by atoms with Crippen molar-refractivity contribution in [3.8, 4) is 11.5 Å². The predicted molar refractivity (Wildman–Crippen MR) is 72.8 cm³/mol. The number of carbonyl (C=O) groups excluding carboxylic acids is 2. The van der Waals surface area contributed by atoms with Gasteiger partial charge in [-0.3, -0.25) is 9.59 Å². The van der Waals surface area contributed by atoms with Crippen LogP contribution in [-0.4, -0.2) is 18.3 Å². The van der Waals surface area contributed by atoms with Gasteiger partial charge in [-0.1, -0.05) is 0 Å². The van der Waals surface area contributed by atoms with Crippen LogP contribution < -0.4 is 15.2 Å². The van der Waals surface area contributed by atoms with Crippen molar-refractivity contribution in [3.63, 3.8) is 0 Å². The minimum Gasteiger partial charge on any atom is -0.484 e. The molecule has 0 spiro atoms. The maximum absolute atomic E-state index is 12.2. The average Bonchev–Trinajstić information content (AvgIpc) is 3.06. The molecule has 2 N–H and O–H groups in total. The number of ketones is 1. The first-order chi connectivity index (χ1) is 10.1. The highest BCUT2D eigenvalue weighted by molar-refractivity contribution is 6.14. The number of amides is 1. The average molecular weight is 285 g/mol. The summed E-state index contributed by atoms with van der Waals surface area (Å²) in [5, 5.41) is 0. The predicted octanol–water partition coefficient (Wildman–Crippen LogP) is 1.76. The minimum absolute atomic E-state index is 0.173. The molecule has 6 nitrogen and oxygen atoms in total. The highest BCUT2D eigenvalue weighted by Crippen LogP contribution is 2.34. The second-order valence-corrected chi connectivity index (χ2v) is 4.37. The standard InChI is InChI=1S/C15H11NO5/c16-14(17)8-20-10-3-4-11-12(6-10)21-13(15(11)18)7-9-2-1-5-19-9/h1-7H,8H2,(H2,16,17). The van der Waals surface area contributed by atoms with Gasteiger partial charge in [-0.05, 0) is 24.3 Å². The Morgan fingerprint density at radius 2 is 2.19 bits per heavy atom. The Morgan fingerprint density at radius 1 is 1.33 bits per heavy atom. The number of allylic oxidation sites excluding steroid dienone is 1. The molecule has 21 heavy (non-hydrogen) atoms. The van der Waals surface area contributed by atoms with Gasteiger partial charge in [-0.25, -0.2) is 0 Å². The van der Waals surface area contributed by atoms with Gasteiger partial charge in [0.05, 0.1) is 11.8 Å². The third-order valence-electron chi connectivity index (χ3n) is 2.84. The number of hydrogen-bond acceptors (Lipinski definition) is 5. The number of hydrogen-bond donors (Lipinski definition) is 1. The summed E-state index contributed by atoms with van der Waals surface area (Å²) in [4.78, 5) is 22.8. The summed E-state index contributed by atoms with van der Waals surface area (Å²) in [7, 11) is 0. The molecule has 0 bridgehead atoms. The first-order valence-corrected chi connectivity index (χ1v) is 6.16. The van der Waals surface area contributed by atoms with Gasteiger partial charge in [0, 0.05) is 12.1 Å². The number of rotatable bonds is 4. The van der Waals surface area contributed by atoms with Crippen LogP contribution in [0.1, 0.15) is 16.1 Å². The Morgan fingerprint density at radius 3 is 2.90 bits per heavy atom. The molecular formula is C15H11NO5. The quantitative estimate of drug-likeness (QED) is 0.864. The van der Waals surface area contributed by atoms with Gasteiger partial charge >= 0.3 is 0 Å². The summed E-state index contributed by atoms with van der Waals surface area (Å²) < 4.78 is 15.8. The maximum atomic E-state index is 12.2. The van der Waals surface area contributed by atoms with Crippen LogP contribution in [0.15, 0.2) is 46.8 Å². The minimum atomic E-state index is -0.578. The van der Waals surface area contributed by atoms with Gasteiger partial charge < -0.3 is 19.6 Å². The Bertz CT molecular complexity index is 731. The fourth-order valence-electron chi connectivity index (χ4n) is 1.91. The molecule has 0 aliphatic carbocycles. The lowest BCUT2D eigenvalue weighted by Gasteiger charge is -2.04. The van der Waals surface area contributed by atoms with E-state index >= 15 is 0 Å². The van der Waals surface area contributed by atoms with Crippen molar-refractivity contribution in [1.82, 2.24) is 0 Å². The summed E-state index contributed by atoms with van der Waals surface area (Å²) in [5.41, 5.74) is 5.43. The highest BCUT2D eigenvalue weighted by Gasteiger charge is 2.28. The molecule has 6 heteroatoms. The van der Waals surface area contributed by atoms with Gasteiger partial charge in [-0.15, -0.1) is 0 Å². The summed E-state index contributed by atoms with van der Waals surface area (Å²) in [5.74, 6) is 0.663. The van der Waals surface area contributed by atoms with E-state index in [1.165, 1.54) is 12.3 Å². The second kappa shape index (κ2) is 5.16. The number of Topliss-reactive ketones (excluding diaryl/α,β-unsaturated/α-hetero) is 1. The fraction of sp³-hybridized carbons (Fsp3) is 0.0667. The van der Waals surface area contributed by atoms with Gasteiger partial charge in [0.15, 0.2) is 12.4 Å². The lowest BCUT2D eigenvalue weighted by molar-refractivity contribution is -0.119. The summed E-state index contributed by atoms with van der Waals surface area (Å²) >= 11 is 0. The molecule has 0 atom stereocenters. The van der Waals surface area contributed by atoms with Gasteiger partial charge in [0.25, 0.3) is 5.91 Å². The van der Waals surface area contributed by atoms with Crippen molar-refractivity contribution in [2.75, 3.05) is 6.61 Å². The molecule has 0 saturated carbocycles. The topological polar surface area (TPSA) is 91.8 Å². The molecule has 0 fully saturated rings. The number of ether oxygens (including phenoxy) is 2. The van der Waals surface area contributed by atoms with Crippen LogP contribution in [0.5, 0.6) is 11.5 Å². The lowest BCUT2D eigenvalue weighted by atomic mass is 10.1. The molecule has 106 valence electrons. The molecule has 0 saturated heterocycles. The van der Waals surface area contributed by atoms with Gasteiger partial charge in [-0.2, -0.15) is 0 Å². The van der Waals surface area contributed by atoms with Crippen LogP contribution in [0.4, 0.5) is 0 Å². The number of benzene rings is 1. The second-order valence-electron chi connectivity index (χ2n) is 4.37. The van der Waals surface area contributed by atoms with Crippen molar-refractivity contribution in [2.45, 2.75) is 0 Å². The number of primary amides is 1. The van der Waals surface area contributed by atoms with Gasteiger partial charge in [0.1, 0.15) is 17.3 Å². The van der Waals surface area contributed by atoms with Crippen LogP contribution in [0.3, 0.4) is 0 Å². The van der Waals surface area contributed by atoms with Crippen LogP contribution in [0.2, 0.25) is 0 Å². The molecule has 1 aliphatic heterocycles. The van der Waals surface area contributed by atoms with E-state index in [0.717, 1.165) is 0 Å². The summed E-state index contributed by atoms with van der Waals surface area (Å²) in [6, 6.07) is 8.14. The normalized spacial score (nSPS) is 14.9. The van der Waals surface area contributed by atoms with Crippen LogP contribution in [0.25, 0.3) is 6.08 Å². The van der Waals surface area contributed by atoms with E-state index in [9.17, 15) is 9.59 Å². The van der Waals surface area contributed by atoms with Crippen molar-refractivity contribution in [1.29, 1.82) is 0 Å². The molecule has 1 aliphatic rings. The number of furan rings is 1. The molecular weight excluding hydrogens is 274 g/mol. The monoisotopic (exact) mass is 285 g/mol. The van der Waals surface area contributed by atoms with Gasteiger partial charge in [0.2, 0.25) is 5.78 Å². The molecule has 2 aromatic rings. The van der Waals surface area contributed by atoms with E-state index in [2.05, 4.69) is 0 Å². The number of fused-ring (bicyclic) bond motifs is 1. The number of nitrogens with two attached hydrogens (primary N) is 1. The molecule has 2 heterocycles. The fourth-order valence-corrected chi connectivity index (χ4v) is 1.91. The van der Waals surface area contributed by atoms with Crippen LogP contribution in [0, 0.1) is 0 Å². The largest absolute Gasteiger partial charge is 0.484 e. The van der Waals surface area contributed by atoms with Crippen molar-refractivity contribution >= 4 is 17.8 Å². The van der Waals surface area contributed by atoms with Crippen molar-refractivity contribution < 1.29 is 23.5 Å². The summed E-state index contributed by atoms with van der Waals surface area (Å²) in [6.07, 6.45) is 3.03. The zero-order valence-electron chi connectivity index (χ0n) is 10.9. The van der Waals surface area contributed by atoms with Crippen LogP contribution >= 0.6 is 0 Å². The van der Waals surface area contributed by atoms with E-state index in [1.54, 1.807) is 30.3 Å². The molecule has 1 aromatic heterocycles. The van der Waals surface area contributed by atoms with E-state index in [4.69, 9.17) is 19.6 Å². The Balaban J connectivity index is 1.84. The molecule has 1 aromatic carbocycles. The first kappa shape index (κ1) is 13.0. The summed E-state index contributed by atoms with van der Waals surface area (Å²) in [6.45, 7) is -0.234. The van der Waals surface area contributed by atoms with Crippen molar-refractivity contribution in [3.05, 3.63) is 53.7 Å². The van der Waals surface area contributed by atoms with E-state index in [1.807, 2.05) is 0 Å². The third-order valence-corrected chi connectivity index (χ3v) is 2.84. The van der Waals surface area contributed by atoms with E-state index in [-0.39, 0.29) is 18.1 Å². The number of carbonyl (C=O) groups is 2.